The normalized spacial score (nSPS) is 32.8. The van der Waals surface area contributed by atoms with Gasteiger partial charge in [0.05, 0.1) is 18.1 Å². The highest BCUT2D eigenvalue weighted by molar-refractivity contribution is 5.74. The van der Waals surface area contributed by atoms with Crippen LogP contribution in [0.2, 0.25) is 0 Å². The SMILES string of the molecule is CC1=C[C@H]2O[C@@H]1C[C@H]2C(=O)OCC(F)(F)F. The van der Waals surface area contributed by atoms with Crippen LogP contribution in [0.1, 0.15) is 13.3 Å². The van der Waals surface area contributed by atoms with Crippen molar-refractivity contribution in [1.29, 1.82) is 0 Å². The molecule has 0 amide bonds. The zero-order chi connectivity index (χ0) is 11.9. The van der Waals surface area contributed by atoms with E-state index in [1.54, 1.807) is 6.08 Å². The van der Waals surface area contributed by atoms with E-state index in [0.717, 1.165) is 5.57 Å². The largest absolute Gasteiger partial charge is 0.456 e. The maximum Gasteiger partial charge on any atom is 0.422 e. The third-order valence-electron chi connectivity index (χ3n) is 2.80. The smallest absolute Gasteiger partial charge is 0.422 e. The summed E-state index contributed by atoms with van der Waals surface area (Å²) in [5, 5.41) is 0. The van der Waals surface area contributed by atoms with Gasteiger partial charge in [-0.2, -0.15) is 13.2 Å². The molecule has 0 aromatic carbocycles. The molecule has 90 valence electrons. The van der Waals surface area contributed by atoms with Crippen molar-refractivity contribution in [2.24, 2.45) is 5.92 Å². The molecule has 0 radical (unpaired) electrons. The maximum atomic E-state index is 11.8. The number of carbonyl (C=O) groups excluding carboxylic acids is 1. The van der Waals surface area contributed by atoms with Crippen molar-refractivity contribution in [2.75, 3.05) is 6.61 Å². The van der Waals surface area contributed by atoms with Crippen molar-refractivity contribution in [1.82, 2.24) is 0 Å². The molecule has 0 unspecified atom stereocenters. The number of fused-ring (bicyclic) bond motifs is 2. The topological polar surface area (TPSA) is 35.5 Å². The Kier molecular flexibility index (Phi) is 2.69. The summed E-state index contributed by atoms with van der Waals surface area (Å²) in [6, 6.07) is 0. The van der Waals surface area contributed by atoms with Crippen molar-refractivity contribution in [2.45, 2.75) is 31.7 Å². The van der Waals surface area contributed by atoms with Gasteiger partial charge in [0.1, 0.15) is 0 Å². The predicted octanol–water partition coefficient (Wildman–Crippen LogP) is 1.83. The molecule has 16 heavy (non-hydrogen) atoms. The second-order valence-electron chi connectivity index (χ2n) is 4.07. The van der Waals surface area contributed by atoms with E-state index in [4.69, 9.17) is 4.74 Å². The van der Waals surface area contributed by atoms with Gasteiger partial charge in [0.15, 0.2) is 6.61 Å². The van der Waals surface area contributed by atoms with Gasteiger partial charge in [0, 0.05) is 0 Å². The minimum Gasteiger partial charge on any atom is -0.456 e. The highest BCUT2D eigenvalue weighted by Crippen LogP contribution is 2.38. The van der Waals surface area contributed by atoms with E-state index in [2.05, 4.69) is 4.74 Å². The summed E-state index contributed by atoms with van der Waals surface area (Å²) in [6.45, 7) is 0.352. The van der Waals surface area contributed by atoms with Gasteiger partial charge in [0.2, 0.25) is 0 Å². The van der Waals surface area contributed by atoms with Crippen molar-refractivity contribution in [3.63, 3.8) is 0 Å². The Morgan fingerprint density at radius 1 is 1.62 bits per heavy atom. The van der Waals surface area contributed by atoms with Crippen LogP contribution >= 0.6 is 0 Å². The van der Waals surface area contributed by atoms with Crippen molar-refractivity contribution in [3.8, 4) is 0 Å². The fourth-order valence-electron chi connectivity index (χ4n) is 2.01. The van der Waals surface area contributed by atoms with Gasteiger partial charge in [-0.3, -0.25) is 4.79 Å². The van der Waals surface area contributed by atoms with Crippen molar-refractivity contribution < 1.29 is 27.4 Å². The second kappa shape index (κ2) is 3.76. The Morgan fingerprint density at radius 3 is 2.75 bits per heavy atom. The molecule has 1 saturated heterocycles. The fraction of sp³-hybridized carbons (Fsp3) is 0.700. The predicted molar refractivity (Wildman–Crippen MR) is 47.5 cm³/mol. The molecule has 0 N–H and O–H groups in total. The van der Waals surface area contributed by atoms with E-state index in [1.807, 2.05) is 6.92 Å². The minimum atomic E-state index is -4.47. The number of alkyl halides is 3. The Bertz CT molecular complexity index is 335. The molecular formula is C10H11F3O3. The summed E-state index contributed by atoms with van der Waals surface area (Å²) >= 11 is 0. The Hall–Kier alpha value is -1.04. The van der Waals surface area contributed by atoms with E-state index in [0.29, 0.717) is 6.42 Å². The molecule has 3 nitrogen and oxygen atoms in total. The number of rotatable bonds is 2. The first-order valence-corrected chi connectivity index (χ1v) is 4.94. The molecule has 2 aliphatic heterocycles. The number of halogens is 3. The maximum absolute atomic E-state index is 11.8. The van der Waals surface area contributed by atoms with Crippen LogP contribution < -0.4 is 0 Å². The molecule has 3 atom stereocenters. The number of ether oxygens (including phenoxy) is 2. The third kappa shape index (κ3) is 2.21. The monoisotopic (exact) mass is 236 g/mol. The van der Waals surface area contributed by atoms with E-state index in [1.165, 1.54) is 0 Å². The van der Waals surface area contributed by atoms with E-state index in [9.17, 15) is 18.0 Å². The molecule has 0 spiro atoms. The molecule has 2 aliphatic rings. The zero-order valence-corrected chi connectivity index (χ0v) is 8.58. The quantitative estimate of drug-likeness (QED) is 0.542. The van der Waals surface area contributed by atoms with Gasteiger partial charge < -0.3 is 9.47 Å². The lowest BCUT2D eigenvalue weighted by atomic mass is 9.90. The van der Waals surface area contributed by atoms with E-state index >= 15 is 0 Å². The molecule has 0 aromatic rings. The molecule has 1 fully saturated rings. The number of carbonyl (C=O) groups is 1. The lowest BCUT2D eigenvalue weighted by Gasteiger charge is -2.16. The summed E-state index contributed by atoms with van der Waals surface area (Å²) in [4.78, 5) is 11.4. The highest BCUT2D eigenvalue weighted by Gasteiger charge is 2.45. The van der Waals surface area contributed by atoms with Gasteiger partial charge in [-0.25, -0.2) is 0 Å². The molecular weight excluding hydrogens is 225 g/mol. The van der Waals surface area contributed by atoms with E-state index in [-0.39, 0.29) is 6.10 Å². The van der Waals surface area contributed by atoms with Gasteiger partial charge >= 0.3 is 12.1 Å². The van der Waals surface area contributed by atoms with Gasteiger partial charge in [-0.15, -0.1) is 0 Å². The molecule has 2 bridgehead atoms. The summed E-state index contributed by atoms with van der Waals surface area (Å²) in [6.07, 6.45) is -2.82. The van der Waals surface area contributed by atoms with Gasteiger partial charge in [0.25, 0.3) is 0 Å². The molecule has 0 aliphatic carbocycles. The molecule has 0 saturated carbocycles. The number of esters is 1. The molecule has 2 heterocycles. The summed E-state index contributed by atoms with van der Waals surface area (Å²) in [5.74, 6) is -1.41. The van der Waals surface area contributed by atoms with E-state index < -0.39 is 30.8 Å². The first-order valence-electron chi connectivity index (χ1n) is 4.94. The minimum absolute atomic E-state index is 0.131. The van der Waals surface area contributed by atoms with Gasteiger partial charge in [-0.05, 0) is 18.9 Å². The lowest BCUT2D eigenvalue weighted by molar-refractivity contribution is -0.189. The van der Waals surface area contributed by atoms with Crippen LogP contribution in [0.5, 0.6) is 0 Å². The summed E-state index contributed by atoms with van der Waals surface area (Å²) in [7, 11) is 0. The van der Waals surface area contributed by atoms with Crippen LogP contribution in [-0.2, 0) is 14.3 Å². The summed E-state index contributed by atoms with van der Waals surface area (Å²) in [5.41, 5.74) is 1.03. The average molecular weight is 236 g/mol. The lowest BCUT2D eigenvalue weighted by Crippen LogP contribution is -2.29. The molecule has 2 rings (SSSR count). The Morgan fingerprint density at radius 2 is 2.31 bits per heavy atom. The van der Waals surface area contributed by atoms with Crippen LogP contribution in [0.15, 0.2) is 11.6 Å². The summed E-state index contributed by atoms with van der Waals surface area (Å²) < 4.78 is 45.1. The van der Waals surface area contributed by atoms with Crippen LogP contribution in [0.4, 0.5) is 13.2 Å². The number of hydrogen-bond acceptors (Lipinski definition) is 3. The standard InChI is InChI=1S/C10H11F3O3/c1-5-2-8-6(3-7(5)16-8)9(14)15-4-10(11,12)13/h2,6-8H,3-4H2,1H3/t6-,7-,8-/m1/s1. The first kappa shape index (κ1) is 11.4. The fourth-order valence-corrected chi connectivity index (χ4v) is 2.01. The van der Waals surface area contributed by atoms with Gasteiger partial charge in [-0.1, -0.05) is 6.08 Å². The Labute approximate surface area is 90.2 Å². The van der Waals surface area contributed by atoms with Crippen LogP contribution in [0.3, 0.4) is 0 Å². The van der Waals surface area contributed by atoms with Crippen LogP contribution in [0, 0.1) is 5.92 Å². The van der Waals surface area contributed by atoms with Crippen LogP contribution in [0.25, 0.3) is 0 Å². The average Bonchev–Trinajstić information content (AvgIpc) is 2.71. The Balaban J connectivity index is 1.89. The highest BCUT2D eigenvalue weighted by atomic mass is 19.4. The number of hydrogen-bond donors (Lipinski definition) is 0. The molecule has 0 aromatic heterocycles. The third-order valence-corrected chi connectivity index (χ3v) is 2.80. The second-order valence-corrected chi connectivity index (χ2v) is 4.07. The first-order chi connectivity index (χ1) is 7.37. The van der Waals surface area contributed by atoms with Crippen molar-refractivity contribution >= 4 is 5.97 Å². The molecule has 6 heteroatoms. The zero-order valence-electron chi connectivity index (χ0n) is 8.58. The van der Waals surface area contributed by atoms with Crippen molar-refractivity contribution in [3.05, 3.63) is 11.6 Å². The van der Waals surface area contributed by atoms with Crippen LogP contribution in [-0.4, -0.2) is 31.0 Å².